The Kier molecular flexibility index (Phi) is 4.71. The average Bonchev–Trinajstić information content (AvgIpc) is 3.33. The van der Waals surface area contributed by atoms with E-state index in [1.165, 1.54) is 33.4 Å². The highest BCUT2D eigenvalue weighted by atomic mass is 28.3. The second kappa shape index (κ2) is 7.17. The Labute approximate surface area is 164 Å². The highest BCUT2D eigenvalue weighted by Gasteiger charge is 2.25. The molecule has 2 aromatic carbocycles. The molecule has 2 aliphatic rings. The normalized spacial score (nSPS) is 16.3. The van der Waals surface area contributed by atoms with Crippen LogP contribution in [0, 0.1) is 0 Å². The number of benzene rings is 2. The van der Waals surface area contributed by atoms with Gasteiger partial charge in [0.2, 0.25) is 0 Å². The van der Waals surface area contributed by atoms with E-state index in [-0.39, 0.29) is 0 Å². The Morgan fingerprint density at radius 2 is 1.41 bits per heavy atom. The molecular weight excluding hydrogens is 340 g/mol. The number of hydrogen-bond acceptors (Lipinski definition) is 0. The molecule has 0 aromatic heterocycles. The van der Waals surface area contributed by atoms with E-state index in [2.05, 4.69) is 111 Å². The maximum absolute atomic E-state index is 2.46. The molecule has 0 bridgehead atoms. The molecule has 2 aromatic rings. The Bertz CT molecular complexity index is 950. The highest BCUT2D eigenvalue weighted by Crippen LogP contribution is 2.40. The molecule has 0 saturated carbocycles. The van der Waals surface area contributed by atoms with Gasteiger partial charge in [-0.05, 0) is 39.8 Å². The molecule has 27 heavy (non-hydrogen) atoms. The lowest BCUT2D eigenvalue weighted by molar-refractivity contribution is 1.27. The van der Waals surface area contributed by atoms with Crippen LogP contribution in [0.4, 0.5) is 0 Å². The first-order valence-corrected chi connectivity index (χ1v) is 13.2. The lowest BCUT2D eigenvalue weighted by Gasteiger charge is -2.17. The Morgan fingerprint density at radius 1 is 0.815 bits per heavy atom. The predicted molar refractivity (Wildman–Crippen MR) is 120 cm³/mol. The fraction of sp³-hybridized carbons (Fsp3) is 0.154. The molecule has 4 rings (SSSR count). The largest absolute Gasteiger partial charge is 0.0808 e. The summed E-state index contributed by atoms with van der Waals surface area (Å²) >= 11 is 0. The van der Waals surface area contributed by atoms with Gasteiger partial charge >= 0.3 is 0 Å². The fourth-order valence-corrected chi connectivity index (χ4v) is 5.16. The van der Waals surface area contributed by atoms with E-state index in [1.807, 2.05) is 0 Å². The van der Waals surface area contributed by atoms with E-state index in [9.17, 15) is 0 Å². The second-order valence-electron chi connectivity index (χ2n) is 8.24. The summed E-state index contributed by atoms with van der Waals surface area (Å²) in [6.45, 7) is 7.28. The van der Waals surface area contributed by atoms with Crippen molar-refractivity contribution in [3.8, 4) is 0 Å². The van der Waals surface area contributed by atoms with Gasteiger partial charge in [0, 0.05) is 0 Å². The summed E-state index contributed by atoms with van der Waals surface area (Å²) in [6, 6.07) is 21.5. The minimum Gasteiger partial charge on any atom is -0.0808 e. The van der Waals surface area contributed by atoms with Crippen molar-refractivity contribution in [2.45, 2.75) is 26.1 Å². The third-order valence-corrected chi connectivity index (χ3v) is 7.37. The van der Waals surface area contributed by atoms with Crippen molar-refractivity contribution in [1.82, 2.24) is 0 Å². The number of hydrogen-bond donors (Lipinski definition) is 0. The van der Waals surface area contributed by atoms with Gasteiger partial charge in [0.25, 0.3) is 0 Å². The van der Waals surface area contributed by atoms with Gasteiger partial charge in [0.05, 0.1) is 8.07 Å². The van der Waals surface area contributed by atoms with E-state index < -0.39 is 8.07 Å². The van der Waals surface area contributed by atoms with Crippen LogP contribution in [0.15, 0.2) is 113 Å². The zero-order valence-electron chi connectivity index (χ0n) is 16.4. The van der Waals surface area contributed by atoms with Crippen molar-refractivity contribution in [3.63, 3.8) is 0 Å². The van der Waals surface area contributed by atoms with Crippen LogP contribution in [0.2, 0.25) is 19.6 Å². The molecule has 0 N–H and O–H groups in total. The van der Waals surface area contributed by atoms with Gasteiger partial charge in [-0.3, -0.25) is 0 Å². The molecule has 0 amide bonds. The zero-order valence-corrected chi connectivity index (χ0v) is 17.4. The molecule has 0 nitrogen and oxygen atoms in total. The third kappa shape index (κ3) is 3.61. The lowest BCUT2D eigenvalue weighted by atomic mass is 9.88. The molecule has 0 saturated heterocycles. The molecule has 2 aliphatic carbocycles. The maximum Gasteiger partial charge on any atom is 0.0772 e. The minimum absolute atomic E-state index is 1.05. The highest BCUT2D eigenvalue weighted by molar-refractivity contribution is 6.83. The van der Waals surface area contributed by atoms with Crippen molar-refractivity contribution in [2.75, 3.05) is 0 Å². The molecular formula is C26H26Si. The summed E-state index contributed by atoms with van der Waals surface area (Å²) in [7, 11) is -1.27. The van der Waals surface area contributed by atoms with E-state index in [0.717, 1.165) is 6.42 Å². The first kappa shape index (κ1) is 17.8. The summed E-state index contributed by atoms with van der Waals surface area (Å²) < 4.78 is 0. The van der Waals surface area contributed by atoms with Crippen LogP contribution >= 0.6 is 0 Å². The third-order valence-electron chi connectivity index (χ3n) is 5.29. The van der Waals surface area contributed by atoms with E-state index in [4.69, 9.17) is 0 Å². The Hall–Kier alpha value is -2.64. The van der Waals surface area contributed by atoms with E-state index >= 15 is 0 Å². The van der Waals surface area contributed by atoms with Crippen LogP contribution in [0.3, 0.4) is 0 Å². The number of rotatable bonds is 4. The molecule has 0 atom stereocenters. The van der Waals surface area contributed by atoms with Crippen LogP contribution in [0.5, 0.6) is 0 Å². The van der Waals surface area contributed by atoms with Crippen molar-refractivity contribution in [1.29, 1.82) is 0 Å². The Balaban J connectivity index is 1.83. The van der Waals surface area contributed by atoms with E-state index in [1.54, 1.807) is 5.20 Å². The zero-order chi connectivity index (χ0) is 18.9. The summed E-state index contributed by atoms with van der Waals surface area (Å²) in [4.78, 5) is 0. The Morgan fingerprint density at radius 3 is 1.93 bits per heavy atom. The molecule has 0 radical (unpaired) electrons. The molecule has 0 unspecified atom stereocenters. The fourth-order valence-electron chi connectivity index (χ4n) is 3.84. The topological polar surface area (TPSA) is 0 Å². The molecule has 0 fully saturated rings. The summed E-state index contributed by atoms with van der Waals surface area (Å²) in [5.74, 6) is 0. The lowest BCUT2D eigenvalue weighted by Crippen LogP contribution is -2.21. The molecule has 0 heterocycles. The monoisotopic (exact) mass is 366 g/mol. The van der Waals surface area contributed by atoms with Crippen LogP contribution < -0.4 is 0 Å². The van der Waals surface area contributed by atoms with Crippen molar-refractivity contribution in [2.24, 2.45) is 0 Å². The summed E-state index contributed by atoms with van der Waals surface area (Å²) in [6.07, 6.45) is 12.7. The van der Waals surface area contributed by atoms with Crippen molar-refractivity contribution in [3.05, 3.63) is 124 Å². The van der Waals surface area contributed by atoms with Gasteiger partial charge in [-0.25, -0.2) is 0 Å². The van der Waals surface area contributed by atoms with Crippen LogP contribution in [-0.2, 0) is 0 Å². The molecule has 134 valence electrons. The molecule has 1 heteroatoms. The van der Waals surface area contributed by atoms with Gasteiger partial charge < -0.3 is 0 Å². The average molecular weight is 367 g/mol. The first-order valence-electron chi connectivity index (χ1n) is 9.69. The van der Waals surface area contributed by atoms with Crippen LogP contribution in [0.1, 0.15) is 17.5 Å². The van der Waals surface area contributed by atoms with Gasteiger partial charge in [0.15, 0.2) is 0 Å². The maximum atomic E-state index is 2.46. The minimum atomic E-state index is -1.27. The summed E-state index contributed by atoms with van der Waals surface area (Å²) in [5.41, 5.74) is 8.03. The first-order chi connectivity index (χ1) is 13.0. The van der Waals surface area contributed by atoms with E-state index in [0.29, 0.717) is 0 Å². The second-order valence-corrected chi connectivity index (χ2v) is 13.3. The summed E-state index contributed by atoms with van der Waals surface area (Å²) in [5, 5.41) is 1.57. The van der Waals surface area contributed by atoms with Gasteiger partial charge in [-0.2, -0.15) is 0 Å². The smallest absolute Gasteiger partial charge is 0.0772 e. The molecule has 0 spiro atoms. The van der Waals surface area contributed by atoms with Crippen molar-refractivity contribution >= 4 is 13.6 Å². The van der Waals surface area contributed by atoms with Gasteiger partial charge in [-0.15, -0.1) is 0 Å². The van der Waals surface area contributed by atoms with Crippen LogP contribution in [-0.4, -0.2) is 8.07 Å². The number of allylic oxidation sites excluding steroid dienone is 9. The van der Waals surface area contributed by atoms with Crippen LogP contribution in [0.25, 0.3) is 5.57 Å². The van der Waals surface area contributed by atoms with Gasteiger partial charge in [0.1, 0.15) is 0 Å². The predicted octanol–water partition coefficient (Wildman–Crippen LogP) is 7.12. The standard InChI is InChI=1S/C26H26Si/c1-27(2,3)23-18-17-22(19-23)24-15-10-16-25(24)26(20-11-6-4-7-12-20)21-13-8-5-9-14-21/h4-16,18-19H,17H2,1-3H3. The van der Waals surface area contributed by atoms with Crippen molar-refractivity contribution < 1.29 is 0 Å². The SMILES string of the molecule is C[Si](C)(C)C1=CCC(C2=CC=CC2=C(c2ccccc2)c2ccccc2)=C1. The van der Waals surface area contributed by atoms with Gasteiger partial charge in [-0.1, -0.05) is 116 Å². The quantitative estimate of drug-likeness (QED) is 0.505. The molecule has 0 aliphatic heterocycles.